The first-order valence-corrected chi connectivity index (χ1v) is 6.95. The molecule has 0 spiro atoms. The summed E-state index contributed by atoms with van der Waals surface area (Å²) in [5.74, 6) is -0.141. The smallest absolute Gasteiger partial charge is 0.141 e. The second kappa shape index (κ2) is 5.88. The molecule has 104 valence electrons. The van der Waals surface area contributed by atoms with Gasteiger partial charge in [0.1, 0.15) is 11.6 Å². The number of ketones is 1. The van der Waals surface area contributed by atoms with Crippen molar-refractivity contribution >= 4 is 16.6 Å². The van der Waals surface area contributed by atoms with Gasteiger partial charge in [0.05, 0.1) is 0 Å². The van der Waals surface area contributed by atoms with Crippen LogP contribution in [-0.2, 0) is 17.6 Å². The molecule has 0 fully saturated rings. The maximum Gasteiger partial charge on any atom is 0.141 e. The molecule has 0 aliphatic rings. The molecule has 3 rings (SSSR count). The number of rotatable bonds is 4. The predicted octanol–water partition coefficient (Wildman–Crippen LogP) is 4.33. The maximum absolute atomic E-state index is 12.9. The molecule has 1 nitrogen and oxygen atoms in total. The summed E-state index contributed by atoms with van der Waals surface area (Å²) < 4.78 is 12.9. The standard InChI is InChI=1S/C19H15FO/c20-17-10-8-14(9-11-17)12-18(21)13-16-6-3-5-15-4-1-2-7-19(15)16/h1-11H,12-13H2. The molecular formula is C19H15FO. The summed E-state index contributed by atoms with van der Waals surface area (Å²) in [6.45, 7) is 0. The number of benzene rings is 3. The molecule has 0 saturated heterocycles. The fraction of sp³-hybridized carbons (Fsp3) is 0.105. The first-order valence-electron chi connectivity index (χ1n) is 6.95. The fourth-order valence-electron chi connectivity index (χ4n) is 2.55. The molecule has 21 heavy (non-hydrogen) atoms. The van der Waals surface area contributed by atoms with Crippen molar-refractivity contribution in [1.29, 1.82) is 0 Å². The molecule has 0 aromatic heterocycles. The van der Waals surface area contributed by atoms with Gasteiger partial charge in [0, 0.05) is 12.8 Å². The lowest BCUT2D eigenvalue weighted by molar-refractivity contribution is -0.117. The SMILES string of the molecule is O=C(Cc1ccc(F)cc1)Cc1cccc2ccccc12. The van der Waals surface area contributed by atoms with Crippen molar-refractivity contribution in [2.75, 3.05) is 0 Å². The highest BCUT2D eigenvalue weighted by molar-refractivity contribution is 5.91. The molecule has 2 heteroatoms. The van der Waals surface area contributed by atoms with E-state index in [0.717, 1.165) is 21.9 Å². The summed E-state index contributed by atoms with van der Waals surface area (Å²) in [4.78, 5) is 12.2. The summed E-state index contributed by atoms with van der Waals surface area (Å²) in [7, 11) is 0. The van der Waals surface area contributed by atoms with E-state index in [4.69, 9.17) is 0 Å². The van der Waals surface area contributed by atoms with E-state index in [0.29, 0.717) is 12.8 Å². The molecule has 0 radical (unpaired) electrons. The Morgan fingerprint density at radius 1 is 0.810 bits per heavy atom. The molecule has 0 N–H and O–H groups in total. The first kappa shape index (κ1) is 13.5. The normalized spacial score (nSPS) is 10.7. The molecule has 3 aromatic carbocycles. The van der Waals surface area contributed by atoms with E-state index in [2.05, 4.69) is 0 Å². The lowest BCUT2D eigenvalue weighted by Gasteiger charge is -2.06. The Kier molecular flexibility index (Phi) is 3.78. The molecule has 0 aliphatic carbocycles. The van der Waals surface area contributed by atoms with Crippen molar-refractivity contribution in [3.8, 4) is 0 Å². The van der Waals surface area contributed by atoms with Crippen molar-refractivity contribution in [3.05, 3.63) is 83.7 Å². The summed E-state index contributed by atoms with van der Waals surface area (Å²) in [6.07, 6.45) is 0.738. The zero-order valence-corrected chi connectivity index (χ0v) is 11.6. The van der Waals surface area contributed by atoms with Gasteiger partial charge in [-0.25, -0.2) is 4.39 Å². The van der Waals surface area contributed by atoms with Gasteiger partial charge in [-0.3, -0.25) is 4.79 Å². The van der Waals surface area contributed by atoms with E-state index < -0.39 is 0 Å². The van der Waals surface area contributed by atoms with Gasteiger partial charge in [0.2, 0.25) is 0 Å². The van der Waals surface area contributed by atoms with E-state index in [1.54, 1.807) is 12.1 Å². The summed E-state index contributed by atoms with van der Waals surface area (Å²) >= 11 is 0. The molecule has 0 saturated carbocycles. The molecule has 0 atom stereocenters. The number of carbonyl (C=O) groups excluding carboxylic acids is 1. The Balaban J connectivity index is 1.79. The summed E-state index contributed by atoms with van der Waals surface area (Å²) in [6, 6.07) is 20.2. The van der Waals surface area contributed by atoms with Gasteiger partial charge in [-0.1, -0.05) is 54.6 Å². The minimum atomic E-state index is -0.278. The molecule has 0 heterocycles. The molecular weight excluding hydrogens is 263 g/mol. The van der Waals surface area contributed by atoms with Crippen LogP contribution in [0.4, 0.5) is 4.39 Å². The fourth-order valence-corrected chi connectivity index (χ4v) is 2.55. The third-order valence-electron chi connectivity index (χ3n) is 3.58. The molecule has 3 aromatic rings. The quantitative estimate of drug-likeness (QED) is 0.694. The zero-order chi connectivity index (χ0) is 14.7. The highest BCUT2D eigenvalue weighted by atomic mass is 19.1. The second-order valence-electron chi connectivity index (χ2n) is 5.16. The molecule has 0 aliphatic heterocycles. The number of Topliss-reactive ketones (excluding diaryl/α,β-unsaturated/α-hetero) is 1. The Morgan fingerprint density at radius 2 is 1.52 bits per heavy atom. The van der Waals surface area contributed by atoms with Crippen LogP contribution in [0.15, 0.2) is 66.7 Å². The van der Waals surface area contributed by atoms with Crippen molar-refractivity contribution in [1.82, 2.24) is 0 Å². The number of fused-ring (bicyclic) bond motifs is 1. The van der Waals surface area contributed by atoms with Gasteiger partial charge in [-0.05, 0) is 34.0 Å². The van der Waals surface area contributed by atoms with Crippen molar-refractivity contribution in [2.45, 2.75) is 12.8 Å². The van der Waals surface area contributed by atoms with Crippen molar-refractivity contribution in [2.24, 2.45) is 0 Å². The van der Waals surface area contributed by atoms with E-state index in [1.165, 1.54) is 12.1 Å². The van der Waals surface area contributed by atoms with Crippen LogP contribution in [-0.4, -0.2) is 5.78 Å². The van der Waals surface area contributed by atoms with Gasteiger partial charge in [-0.15, -0.1) is 0 Å². The average Bonchev–Trinajstić information content (AvgIpc) is 2.50. The lowest BCUT2D eigenvalue weighted by Crippen LogP contribution is -2.07. The van der Waals surface area contributed by atoms with E-state index in [9.17, 15) is 9.18 Å². The van der Waals surface area contributed by atoms with Crippen molar-refractivity contribution in [3.63, 3.8) is 0 Å². The number of hydrogen-bond acceptors (Lipinski definition) is 1. The highest BCUT2D eigenvalue weighted by Gasteiger charge is 2.08. The Hall–Kier alpha value is -2.48. The maximum atomic E-state index is 12.9. The summed E-state index contributed by atoms with van der Waals surface area (Å²) in [5, 5.41) is 2.26. The lowest BCUT2D eigenvalue weighted by atomic mass is 9.98. The Bertz CT molecular complexity index is 770. The number of carbonyl (C=O) groups is 1. The van der Waals surface area contributed by atoms with Crippen LogP contribution in [0.1, 0.15) is 11.1 Å². The van der Waals surface area contributed by atoms with Gasteiger partial charge in [0.15, 0.2) is 0 Å². The zero-order valence-electron chi connectivity index (χ0n) is 11.6. The van der Waals surface area contributed by atoms with Gasteiger partial charge < -0.3 is 0 Å². The topological polar surface area (TPSA) is 17.1 Å². The third kappa shape index (κ3) is 3.16. The van der Waals surface area contributed by atoms with Crippen LogP contribution >= 0.6 is 0 Å². The largest absolute Gasteiger partial charge is 0.299 e. The van der Waals surface area contributed by atoms with Crippen LogP contribution in [0.3, 0.4) is 0 Å². The van der Waals surface area contributed by atoms with Gasteiger partial charge in [-0.2, -0.15) is 0 Å². The van der Waals surface area contributed by atoms with Crippen LogP contribution in [0.2, 0.25) is 0 Å². The van der Waals surface area contributed by atoms with Gasteiger partial charge >= 0.3 is 0 Å². The highest BCUT2D eigenvalue weighted by Crippen LogP contribution is 2.19. The van der Waals surface area contributed by atoms with Crippen LogP contribution in [0, 0.1) is 5.82 Å². The number of hydrogen-bond donors (Lipinski definition) is 0. The predicted molar refractivity (Wildman–Crippen MR) is 82.8 cm³/mol. The van der Waals surface area contributed by atoms with E-state index in [1.807, 2.05) is 42.5 Å². The van der Waals surface area contributed by atoms with E-state index >= 15 is 0 Å². The first-order chi connectivity index (χ1) is 10.2. The van der Waals surface area contributed by atoms with Crippen LogP contribution < -0.4 is 0 Å². The average molecular weight is 278 g/mol. The minimum Gasteiger partial charge on any atom is -0.299 e. The Morgan fingerprint density at radius 3 is 2.33 bits per heavy atom. The van der Waals surface area contributed by atoms with Crippen LogP contribution in [0.5, 0.6) is 0 Å². The van der Waals surface area contributed by atoms with Crippen LogP contribution in [0.25, 0.3) is 10.8 Å². The van der Waals surface area contributed by atoms with E-state index in [-0.39, 0.29) is 11.6 Å². The second-order valence-corrected chi connectivity index (χ2v) is 5.16. The minimum absolute atomic E-state index is 0.137. The monoisotopic (exact) mass is 278 g/mol. The number of halogens is 1. The molecule has 0 amide bonds. The molecule has 0 bridgehead atoms. The third-order valence-corrected chi connectivity index (χ3v) is 3.58. The van der Waals surface area contributed by atoms with Crippen molar-refractivity contribution < 1.29 is 9.18 Å². The van der Waals surface area contributed by atoms with Gasteiger partial charge in [0.25, 0.3) is 0 Å². The Labute approximate surface area is 123 Å². The molecule has 0 unspecified atom stereocenters. The summed E-state index contributed by atoms with van der Waals surface area (Å²) in [5.41, 5.74) is 1.89.